The van der Waals surface area contributed by atoms with Crippen LogP contribution in [-0.2, 0) is 19.5 Å². The smallest absolute Gasteiger partial charge is 0.240 e. The summed E-state index contributed by atoms with van der Waals surface area (Å²) in [6.45, 7) is 3.73. The molecule has 25 heavy (non-hydrogen) atoms. The Morgan fingerprint density at radius 2 is 2.08 bits per heavy atom. The van der Waals surface area contributed by atoms with Crippen molar-refractivity contribution in [2.75, 3.05) is 44.9 Å². The molecule has 0 spiro atoms. The Kier molecular flexibility index (Phi) is 5.93. The maximum Gasteiger partial charge on any atom is 0.240 e. The minimum absolute atomic E-state index is 0.0618. The van der Waals surface area contributed by atoms with E-state index in [0.29, 0.717) is 24.7 Å². The lowest BCUT2D eigenvalue weighted by molar-refractivity contribution is 0.0131. The van der Waals surface area contributed by atoms with Crippen LogP contribution in [0.25, 0.3) is 0 Å². The quantitative estimate of drug-likeness (QED) is 0.824. The van der Waals surface area contributed by atoms with E-state index >= 15 is 0 Å². The molecule has 2 fully saturated rings. The van der Waals surface area contributed by atoms with Crippen LogP contribution in [0.4, 0.5) is 10.1 Å². The predicted molar refractivity (Wildman–Crippen MR) is 92.8 cm³/mol. The lowest BCUT2D eigenvalue weighted by Gasteiger charge is -2.34. The van der Waals surface area contributed by atoms with E-state index in [0.717, 1.165) is 45.1 Å². The molecule has 2 saturated heterocycles. The molecule has 1 N–H and O–H groups in total. The molecule has 6 nitrogen and oxygen atoms in total. The molecule has 0 radical (unpaired) electrons. The van der Waals surface area contributed by atoms with Crippen molar-refractivity contribution < 1.29 is 22.3 Å². The van der Waals surface area contributed by atoms with Gasteiger partial charge in [-0.1, -0.05) is 0 Å². The molecule has 1 atom stereocenters. The van der Waals surface area contributed by atoms with Crippen molar-refractivity contribution in [3.8, 4) is 0 Å². The molecule has 1 unspecified atom stereocenters. The van der Waals surface area contributed by atoms with Gasteiger partial charge in [0.1, 0.15) is 5.82 Å². The fraction of sp³-hybridized carbons (Fsp3) is 0.647. The van der Waals surface area contributed by atoms with Gasteiger partial charge in [0.25, 0.3) is 0 Å². The van der Waals surface area contributed by atoms with Crippen LogP contribution in [0.1, 0.15) is 19.3 Å². The van der Waals surface area contributed by atoms with Crippen LogP contribution in [0.15, 0.2) is 23.1 Å². The monoisotopic (exact) mass is 372 g/mol. The van der Waals surface area contributed by atoms with E-state index in [2.05, 4.69) is 4.72 Å². The number of nitrogens with one attached hydrogen (secondary N) is 1. The number of nitrogens with zero attached hydrogens (tertiary/aromatic N) is 1. The van der Waals surface area contributed by atoms with Crippen molar-refractivity contribution in [2.24, 2.45) is 5.92 Å². The molecule has 2 aliphatic rings. The highest BCUT2D eigenvalue weighted by Gasteiger charge is 2.24. The van der Waals surface area contributed by atoms with Crippen LogP contribution in [-0.4, -0.2) is 54.5 Å². The van der Waals surface area contributed by atoms with Crippen molar-refractivity contribution in [1.82, 2.24) is 4.72 Å². The van der Waals surface area contributed by atoms with Gasteiger partial charge in [-0.3, -0.25) is 0 Å². The van der Waals surface area contributed by atoms with Crippen LogP contribution in [0.5, 0.6) is 0 Å². The van der Waals surface area contributed by atoms with Gasteiger partial charge in [-0.05, 0) is 44.5 Å². The Balaban J connectivity index is 1.55. The number of halogens is 1. The maximum atomic E-state index is 14.4. The number of hydrogen-bond donors (Lipinski definition) is 1. The van der Waals surface area contributed by atoms with Crippen molar-refractivity contribution in [3.05, 3.63) is 24.0 Å². The van der Waals surface area contributed by atoms with Crippen molar-refractivity contribution >= 4 is 15.7 Å². The molecule has 140 valence electrons. The van der Waals surface area contributed by atoms with E-state index in [1.54, 1.807) is 0 Å². The van der Waals surface area contributed by atoms with Gasteiger partial charge in [-0.2, -0.15) is 0 Å². The van der Waals surface area contributed by atoms with Gasteiger partial charge >= 0.3 is 0 Å². The van der Waals surface area contributed by atoms with Gasteiger partial charge < -0.3 is 14.4 Å². The zero-order valence-corrected chi connectivity index (χ0v) is 15.2. The fourth-order valence-electron chi connectivity index (χ4n) is 3.28. The van der Waals surface area contributed by atoms with Crippen LogP contribution in [0.2, 0.25) is 0 Å². The van der Waals surface area contributed by atoms with Crippen molar-refractivity contribution in [1.29, 1.82) is 0 Å². The average Bonchev–Trinajstić information content (AvgIpc) is 3.14. The second-order valence-electron chi connectivity index (χ2n) is 6.57. The van der Waals surface area contributed by atoms with Gasteiger partial charge in [0.15, 0.2) is 0 Å². The topological polar surface area (TPSA) is 67.9 Å². The summed E-state index contributed by atoms with van der Waals surface area (Å²) < 4.78 is 51.4. The lowest BCUT2D eigenvalue weighted by Crippen LogP contribution is -2.38. The molecule has 3 rings (SSSR count). The molecule has 2 heterocycles. The van der Waals surface area contributed by atoms with Gasteiger partial charge in [0.2, 0.25) is 10.0 Å². The van der Waals surface area contributed by atoms with Gasteiger partial charge in [-0.15, -0.1) is 0 Å². The normalized spacial score (nSPS) is 22.5. The minimum atomic E-state index is -3.63. The highest BCUT2D eigenvalue weighted by molar-refractivity contribution is 7.89. The minimum Gasteiger partial charge on any atom is -0.381 e. The number of benzene rings is 1. The number of hydrogen-bond acceptors (Lipinski definition) is 5. The standard InChI is InChI=1S/C17H25FN2O4S/c1-19-25(21,22)15-2-3-17(16(18)10-15)20-7-4-14(5-8-20)24-12-13-6-9-23-11-13/h2-3,10,13-14,19H,4-9,11-12H2,1H3. The second-order valence-corrected chi connectivity index (χ2v) is 8.46. The van der Waals surface area contributed by atoms with E-state index in [1.165, 1.54) is 19.2 Å². The lowest BCUT2D eigenvalue weighted by atomic mass is 10.1. The van der Waals surface area contributed by atoms with Crippen molar-refractivity contribution in [3.63, 3.8) is 0 Å². The molecule has 0 amide bonds. The SMILES string of the molecule is CNS(=O)(=O)c1ccc(N2CCC(OCC3CCOC3)CC2)c(F)c1. The number of sulfonamides is 1. The summed E-state index contributed by atoms with van der Waals surface area (Å²) in [4.78, 5) is 1.89. The number of ether oxygens (including phenoxy) is 2. The summed E-state index contributed by atoms with van der Waals surface area (Å²) in [6, 6.07) is 4.05. The number of rotatable bonds is 6. The van der Waals surface area contributed by atoms with Gasteiger partial charge in [-0.25, -0.2) is 17.5 Å². The van der Waals surface area contributed by atoms with E-state index in [1.807, 2.05) is 4.90 Å². The number of anilines is 1. The van der Waals surface area contributed by atoms with Gasteiger partial charge in [0, 0.05) is 25.6 Å². The second kappa shape index (κ2) is 7.99. The van der Waals surface area contributed by atoms with E-state index in [9.17, 15) is 12.8 Å². The predicted octanol–water partition coefficient (Wildman–Crippen LogP) is 1.76. The molecule has 8 heteroatoms. The summed E-state index contributed by atoms with van der Waals surface area (Å²) in [5.74, 6) is -0.0176. The first-order valence-corrected chi connectivity index (χ1v) is 10.2. The van der Waals surface area contributed by atoms with Crippen LogP contribution >= 0.6 is 0 Å². The largest absolute Gasteiger partial charge is 0.381 e. The summed E-state index contributed by atoms with van der Waals surface area (Å²) in [7, 11) is -2.32. The third-order valence-corrected chi connectivity index (χ3v) is 6.28. The molecule has 2 aliphatic heterocycles. The van der Waals surface area contributed by atoms with Crippen molar-refractivity contribution in [2.45, 2.75) is 30.3 Å². The van der Waals surface area contributed by atoms with Gasteiger partial charge in [0.05, 0.1) is 29.9 Å². The Bertz CT molecular complexity index is 684. The van der Waals surface area contributed by atoms with Crippen LogP contribution < -0.4 is 9.62 Å². The molecular weight excluding hydrogens is 347 g/mol. The summed E-state index contributed by atoms with van der Waals surface area (Å²) in [6.07, 6.45) is 2.93. The Hall–Kier alpha value is -1.22. The summed E-state index contributed by atoms with van der Waals surface area (Å²) in [5.41, 5.74) is 0.442. The first-order valence-electron chi connectivity index (χ1n) is 8.67. The molecule has 1 aromatic rings. The Morgan fingerprint density at radius 3 is 2.68 bits per heavy atom. The maximum absolute atomic E-state index is 14.4. The Morgan fingerprint density at radius 1 is 1.32 bits per heavy atom. The third-order valence-electron chi connectivity index (χ3n) is 4.87. The molecule has 0 aromatic heterocycles. The summed E-state index contributed by atoms with van der Waals surface area (Å²) in [5, 5.41) is 0. The van der Waals surface area contributed by atoms with E-state index in [4.69, 9.17) is 9.47 Å². The zero-order chi connectivity index (χ0) is 17.9. The number of piperidine rings is 1. The highest BCUT2D eigenvalue weighted by Crippen LogP contribution is 2.27. The first kappa shape index (κ1) is 18.6. The summed E-state index contributed by atoms with van der Waals surface area (Å²) >= 11 is 0. The van der Waals surface area contributed by atoms with E-state index < -0.39 is 15.8 Å². The first-order chi connectivity index (χ1) is 12.0. The van der Waals surface area contributed by atoms with Crippen LogP contribution in [0, 0.1) is 11.7 Å². The average molecular weight is 372 g/mol. The van der Waals surface area contributed by atoms with E-state index in [-0.39, 0.29) is 11.0 Å². The van der Waals surface area contributed by atoms with Crippen LogP contribution in [0.3, 0.4) is 0 Å². The highest BCUT2D eigenvalue weighted by atomic mass is 32.2. The molecule has 0 saturated carbocycles. The fourth-order valence-corrected chi connectivity index (χ4v) is 4.02. The zero-order valence-electron chi connectivity index (χ0n) is 14.4. The molecule has 1 aromatic carbocycles. The molecular formula is C17H25FN2O4S. The Labute approximate surface area is 148 Å². The molecule has 0 bridgehead atoms. The molecule has 0 aliphatic carbocycles. The third kappa shape index (κ3) is 4.49.